The smallest absolute Gasteiger partial charge is 0.243 e. The van der Waals surface area contributed by atoms with Crippen molar-refractivity contribution in [1.29, 1.82) is 0 Å². The van der Waals surface area contributed by atoms with E-state index >= 15 is 0 Å². The van der Waals surface area contributed by atoms with Crippen LogP contribution in [-0.2, 0) is 4.79 Å². The van der Waals surface area contributed by atoms with Gasteiger partial charge in [-0.25, -0.2) is 0 Å². The predicted octanol–water partition coefficient (Wildman–Crippen LogP) is 5.27. The quantitative estimate of drug-likeness (QED) is 0.438. The molecule has 0 radical (unpaired) electrons. The number of hydrogen-bond donors (Lipinski definition) is 1. The SMILES string of the molecule is CCCCCCCCCCNC(=O)C=Cc1ccc(C)cc1. The molecule has 0 aliphatic carbocycles. The molecule has 0 atom stereocenters. The molecule has 0 heterocycles. The Morgan fingerprint density at radius 2 is 1.55 bits per heavy atom. The first-order valence-electron chi connectivity index (χ1n) is 8.75. The molecule has 1 rings (SSSR count). The van der Waals surface area contributed by atoms with Crippen LogP contribution in [0.5, 0.6) is 0 Å². The van der Waals surface area contributed by atoms with Gasteiger partial charge in [0.25, 0.3) is 0 Å². The van der Waals surface area contributed by atoms with Gasteiger partial charge in [-0.1, -0.05) is 81.7 Å². The van der Waals surface area contributed by atoms with E-state index in [9.17, 15) is 4.79 Å². The molecule has 0 aliphatic heterocycles. The summed E-state index contributed by atoms with van der Waals surface area (Å²) in [6.45, 7) is 5.09. The topological polar surface area (TPSA) is 29.1 Å². The van der Waals surface area contributed by atoms with Crippen LogP contribution < -0.4 is 5.32 Å². The Balaban J connectivity index is 2.02. The summed E-state index contributed by atoms with van der Waals surface area (Å²) in [6.07, 6.45) is 13.8. The fraction of sp³-hybridized carbons (Fsp3) is 0.550. The fourth-order valence-electron chi connectivity index (χ4n) is 2.38. The average Bonchev–Trinajstić information content (AvgIpc) is 2.53. The highest BCUT2D eigenvalue weighted by atomic mass is 16.1. The number of nitrogens with one attached hydrogen (secondary N) is 1. The molecule has 1 aromatic rings. The molecule has 0 unspecified atom stereocenters. The van der Waals surface area contributed by atoms with Gasteiger partial charge in [-0.15, -0.1) is 0 Å². The molecule has 22 heavy (non-hydrogen) atoms. The van der Waals surface area contributed by atoms with Crippen molar-refractivity contribution in [2.45, 2.75) is 65.2 Å². The lowest BCUT2D eigenvalue weighted by Gasteiger charge is -2.03. The summed E-state index contributed by atoms with van der Waals surface area (Å²) in [5.41, 5.74) is 2.30. The molecule has 2 nitrogen and oxygen atoms in total. The van der Waals surface area contributed by atoms with Crippen molar-refractivity contribution in [2.75, 3.05) is 6.54 Å². The van der Waals surface area contributed by atoms with Crippen molar-refractivity contribution in [1.82, 2.24) is 5.32 Å². The molecule has 0 aromatic heterocycles. The molecule has 1 N–H and O–H groups in total. The maximum Gasteiger partial charge on any atom is 0.243 e. The van der Waals surface area contributed by atoms with E-state index in [1.54, 1.807) is 6.08 Å². The molecule has 0 fully saturated rings. The lowest BCUT2D eigenvalue weighted by atomic mass is 10.1. The second-order valence-corrected chi connectivity index (χ2v) is 6.01. The van der Waals surface area contributed by atoms with Gasteiger partial charge in [0.2, 0.25) is 5.91 Å². The summed E-state index contributed by atoms with van der Waals surface area (Å²) in [6, 6.07) is 8.16. The number of aryl methyl sites for hydroxylation is 1. The van der Waals surface area contributed by atoms with E-state index in [1.807, 2.05) is 18.2 Å². The molecular weight excluding hydrogens is 270 g/mol. The number of unbranched alkanes of at least 4 members (excludes halogenated alkanes) is 7. The first-order valence-corrected chi connectivity index (χ1v) is 8.75. The zero-order valence-electron chi connectivity index (χ0n) is 14.2. The number of hydrogen-bond acceptors (Lipinski definition) is 1. The largest absolute Gasteiger partial charge is 0.353 e. The summed E-state index contributed by atoms with van der Waals surface area (Å²) >= 11 is 0. The number of benzene rings is 1. The maximum atomic E-state index is 11.7. The Hall–Kier alpha value is -1.57. The van der Waals surface area contributed by atoms with Gasteiger partial charge in [0.05, 0.1) is 0 Å². The highest BCUT2D eigenvalue weighted by Gasteiger charge is 1.96. The van der Waals surface area contributed by atoms with Gasteiger partial charge < -0.3 is 5.32 Å². The summed E-state index contributed by atoms with van der Waals surface area (Å²) in [7, 11) is 0. The van der Waals surface area contributed by atoms with Crippen LogP contribution in [0.2, 0.25) is 0 Å². The van der Waals surface area contributed by atoms with Crippen molar-refractivity contribution >= 4 is 12.0 Å². The number of carbonyl (C=O) groups excluding carboxylic acids is 1. The molecule has 1 amide bonds. The van der Waals surface area contributed by atoms with Crippen molar-refractivity contribution in [3.63, 3.8) is 0 Å². The number of amides is 1. The van der Waals surface area contributed by atoms with Crippen molar-refractivity contribution in [2.24, 2.45) is 0 Å². The molecule has 0 saturated heterocycles. The van der Waals surface area contributed by atoms with E-state index < -0.39 is 0 Å². The Labute approximate surface area is 136 Å². The van der Waals surface area contributed by atoms with Crippen LogP contribution in [0.4, 0.5) is 0 Å². The minimum Gasteiger partial charge on any atom is -0.353 e. The molecule has 0 aliphatic rings. The van der Waals surface area contributed by atoms with Crippen LogP contribution in [0.1, 0.15) is 69.4 Å². The van der Waals surface area contributed by atoms with Crippen LogP contribution in [0.3, 0.4) is 0 Å². The zero-order valence-corrected chi connectivity index (χ0v) is 14.2. The number of rotatable bonds is 11. The second kappa shape index (κ2) is 12.0. The summed E-state index contributed by atoms with van der Waals surface area (Å²) in [5.74, 6) is 0.00326. The van der Waals surface area contributed by atoms with E-state index in [4.69, 9.17) is 0 Å². The molecular formula is C20H31NO. The Kier molecular flexibility index (Phi) is 10.1. The highest BCUT2D eigenvalue weighted by Crippen LogP contribution is 2.08. The van der Waals surface area contributed by atoms with Crippen LogP contribution in [-0.4, -0.2) is 12.5 Å². The monoisotopic (exact) mass is 301 g/mol. The zero-order chi connectivity index (χ0) is 16.0. The van der Waals surface area contributed by atoms with Gasteiger partial charge in [0.15, 0.2) is 0 Å². The summed E-state index contributed by atoms with van der Waals surface area (Å²) < 4.78 is 0. The predicted molar refractivity (Wildman–Crippen MR) is 95.8 cm³/mol. The first-order chi connectivity index (χ1) is 10.7. The van der Waals surface area contributed by atoms with Gasteiger partial charge in [0.1, 0.15) is 0 Å². The molecule has 122 valence electrons. The molecule has 0 spiro atoms. The van der Waals surface area contributed by atoms with Crippen LogP contribution in [0, 0.1) is 6.92 Å². The van der Waals surface area contributed by atoms with Gasteiger partial charge in [-0.3, -0.25) is 4.79 Å². The summed E-state index contributed by atoms with van der Waals surface area (Å²) in [5, 5.41) is 2.95. The third-order valence-corrected chi connectivity index (χ3v) is 3.83. The maximum absolute atomic E-state index is 11.7. The minimum atomic E-state index is 0.00326. The Morgan fingerprint density at radius 1 is 0.955 bits per heavy atom. The lowest BCUT2D eigenvalue weighted by molar-refractivity contribution is -0.116. The van der Waals surface area contributed by atoms with Crippen LogP contribution in [0.25, 0.3) is 6.08 Å². The van der Waals surface area contributed by atoms with E-state index in [-0.39, 0.29) is 5.91 Å². The van der Waals surface area contributed by atoms with Crippen molar-refractivity contribution in [3.05, 3.63) is 41.5 Å². The number of carbonyl (C=O) groups is 1. The molecule has 0 bridgehead atoms. The van der Waals surface area contributed by atoms with Gasteiger partial charge in [-0.2, -0.15) is 0 Å². The van der Waals surface area contributed by atoms with Gasteiger partial charge in [0, 0.05) is 12.6 Å². The highest BCUT2D eigenvalue weighted by molar-refractivity contribution is 5.91. The van der Waals surface area contributed by atoms with Gasteiger partial charge in [-0.05, 0) is 25.0 Å². The Bertz CT molecular complexity index is 434. The minimum absolute atomic E-state index is 0.00326. The molecule has 2 heteroatoms. The van der Waals surface area contributed by atoms with E-state index in [0.717, 1.165) is 18.5 Å². The standard InChI is InChI=1S/C20H31NO/c1-3-4-5-6-7-8-9-10-17-21-20(22)16-15-19-13-11-18(2)12-14-19/h11-16H,3-10,17H2,1-2H3,(H,21,22). The van der Waals surface area contributed by atoms with E-state index in [1.165, 1.54) is 50.5 Å². The second-order valence-electron chi connectivity index (χ2n) is 6.01. The lowest BCUT2D eigenvalue weighted by Crippen LogP contribution is -2.21. The van der Waals surface area contributed by atoms with E-state index in [2.05, 4.69) is 31.3 Å². The first kappa shape index (κ1) is 18.5. The molecule has 0 saturated carbocycles. The van der Waals surface area contributed by atoms with Crippen molar-refractivity contribution in [3.8, 4) is 0 Å². The van der Waals surface area contributed by atoms with Crippen LogP contribution >= 0.6 is 0 Å². The third kappa shape index (κ3) is 9.38. The van der Waals surface area contributed by atoms with Crippen molar-refractivity contribution < 1.29 is 4.79 Å². The molecule has 1 aromatic carbocycles. The summed E-state index contributed by atoms with van der Waals surface area (Å²) in [4.78, 5) is 11.7. The third-order valence-electron chi connectivity index (χ3n) is 3.83. The average molecular weight is 301 g/mol. The van der Waals surface area contributed by atoms with E-state index in [0.29, 0.717) is 0 Å². The fourth-order valence-corrected chi connectivity index (χ4v) is 2.38. The Morgan fingerprint density at radius 3 is 2.18 bits per heavy atom. The van der Waals surface area contributed by atoms with Gasteiger partial charge >= 0.3 is 0 Å². The van der Waals surface area contributed by atoms with Crippen LogP contribution in [0.15, 0.2) is 30.3 Å². The normalized spacial score (nSPS) is 11.0.